The van der Waals surface area contributed by atoms with Crippen LogP contribution in [0.1, 0.15) is 38.2 Å². The minimum absolute atomic E-state index is 0.0757. The summed E-state index contributed by atoms with van der Waals surface area (Å²) >= 11 is 0. The van der Waals surface area contributed by atoms with Crippen molar-refractivity contribution < 1.29 is 19.4 Å². The summed E-state index contributed by atoms with van der Waals surface area (Å²) in [5, 5.41) is 12.2. The molecule has 0 bridgehead atoms. The Morgan fingerprint density at radius 1 is 1.27 bits per heavy atom. The number of nitrogens with one attached hydrogen (secondary N) is 1. The lowest BCUT2D eigenvalue weighted by Crippen LogP contribution is -2.39. The van der Waals surface area contributed by atoms with E-state index in [9.17, 15) is 14.7 Å². The number of piperidine rings is 1. The van der Waals surface area contributed by atoms with Crippen molar-refractivity contribution in [3.8, 4) is 5.75 Å². The van der Waals surface area contributed by atoms with E-state index < -0.39 is 5.97 Å². The van der Waals surface area contributed by atoms with Crippen molar-refractivity contribution in [1.29, 1.82) is 0 Å². The Morgan fingerprint density at radius 3 is 2.77 bits per heavy atom. The summed E-state index contributed by atoms with van der Waals surface area (Å²) in [6.07, 6.45) is 4.49. The van der Waals surface area contributed by atoms with Gasteiger partial charge in [0.15, 0.2) is 0 Å². The zero-order chi connectivity index (χ0) is 18.5. The molecule has 6 heteroatoms. The van der Waals surface area contributed by atoms with Crippen LogP contribution in [0.4, 0.5) is 5.69 Å². The van der Waals surface area contributed by atoms with Crippen molar-refractivity contribution in [1.82, 2.24) is 4.90 Å². The Kier molecular flexibility index (Phi) is 6.14. The minimum Gasteiger partial charge on any atom is -0.492 e. The summed E-state index contributed by atoms with van der Waals surface area (Å²) in [5.74, 6) is 0.00469. The van der Waals surface area contributed by atoms with Gasteiger partial charge in [0.05, 0.1) is 18.2 Å². The van der Waals surface area contributed by atoms with E-state index in [4.69, 9.17) is 4.74 Å². The number of carboxylic acids is 1. The number of ether oxygens (including phenoxy) is 1. The molecule has 2 aliphatic rings. The molecule has 26 heavy (non-hydrogen) atoms. The highest BCUT2D eigenvalue weighted by Gasteiger charge is 2.30. The van der Waals surface area contributed by atoms with Crippen LogP contribution in [0, 0.1) is 11.8 Å². The van der Waals surface area contributed by atoms with Crippen LogP contribution in [0.5, 0.6) is 5.75 Å². The summed E-state index contributed by atoms with van der Waals surface area (Å²) < 4.78 is 5.71. The van der Waals surface area contributed by atoms with Crippen LogP contribution in [0.15, 0.2) is 18.2 Å². The molecule has 0 aromatic heterocycles. The lowest BCUT2D eigenvalue weighted by molar-refractivity contribution is -0.143. The average molecular weight is 360 g/mol. The largest absolute Gasteiger partial charge is 0.492 e. The number of hydrogen-bond donors (Lipinski definition) is 2. The molecule has 1 saturated heterocycles. The molecule has 1 aromatic rings. The standard InChI is InChI=1S/C20H28N2O4/c1-2-26-18-12-14(5-8-17(18)21-19(23)15-6-7-15)9-11-22-10-3-4-16(13-22)20(24)25/h5,8,12,15-16H,2-4,6-7,9-11,13H2,1H3,(H,21,23)(H,24,25). The number of carbonyl (C=O) groups is 2. The van der Waals surface area contributed by atoms with Crippen LogP contribution in [-0.2, 0) is 16.0 Å². The highest BCUT2D eigenvalue weighted by Crippen LogP contribution is 2.33. The van der Waals surface area contributed by atoms with Crippen molar-refractivity contribution in [3.63, 3.8) is 0 Å². The molecule has 2 fully saturated rings. The van der Waals surface area contributed by atoms with E-state index in [0.717, 1.165) is 56.4 Å². The van der Waals surface area contributed by atoms with Gasteiger partial charge in [-0.15, -0.1) is 0 Å². The van der Waals surface area contributed by atoms with Crippen LogP contribution >= 0.6 is 0 Å². The number of benzene rings is 1. The van der Waals surface area contributed by atoms with Crippen LogP contribution < -0.4 is 10.1 Å². The molecule has 0 spiro atoms. The fraction of sp³-hybridized carbons (Fsp3) is 0.600. The van der Waals surface area contributed by atoms with Crippen molar-refractivity contribution in [2.45, 2.75) is 39.0 Å². The highest BCUT2D eigenvalue weighted by molar-refractivity contribution is 5.95. The Balaban J connectivity index is 1.59. The quantitative estimate of drug-likeness (QED) is 0.745. The SMILES string of the molecule is CCOc1cc(CCN2CCCC(C(=O)O)C2)ccc1NC(=O)C1CC1. The smallest absolute Gasteiger partial charge is 0.307 e. The minimum atomic E-state index is -0.691. The first-order chi connectivity index (χ1) is 12.6. The topological polar surface area (TPSA) is 78.9 Å². The molecule has 1 saturated carbocycles. The van der Waals surface area contributed by atoms with E-state index in [1.165, 1.54) is 0 Å². The molecule has 1 atom stereocenters. The third kappa shape index (κ3) is 4.97. The van der Waals surface area contributed by atoms with Gasteiger partial charge in [-0.2, -0.15) is 0 Å². The maximum absolute atomic E-state index is 12.0. The number of nitrogens with zero attached hydrogens (tertiary/aromatic N) is 1. The molecule has 2 N–H and O–H groups in total. The number of carbonyl (C=O) groups excluding carboxylic acids is 1. The fourth-order valence-electron chi connectivity index (χ4n) is 3.43. The molecular formula is C20H28N2O4. The number of anilines is 1. The predicted molar refractivity (Wildman–Crippen MR) is 99.5 cm³/mol. The number of likely N-dealkylation sites (tertiary alicyclic amines) is 1. The van der Waals surface area contributed by atoms with E-state index in [1.54, 1.807) is 0 Å². The summed E-state index contributed by atoms with van der Waals surface area (Å²) in [6, 6.07) is 5.92. The van der Waals surface area contributed by atoms with Gasteiger partial charge in [-0.05, 0) is 63.3 Å². The Labute approximate surface area is 154 Å². The maximum atomic E-state index is 12.0. The molecule has 0 radical (unpaired) electrons. The van der Waals surface area contributed by atoms with E-state index in [2.05, 4.69) is 10.2 Å². The van der Waals surface area contributed by atoms with Crippen LogP contribution in [0.3, 0.4) is 0 Å². The Morgan fingerprint density at radius 2 is 2.08 bits per heavy atom. The molecule has 3 rings (SSSR count). The number of amides is 1. The van der Waals surface area contributed by atoms with Crippen LogP contribution in [0.25, 0.3) is 0 Å². The molecule has 6 nitrogen and oxygen atoms in total. The summed E-state index contributed by atoms with van der Waals surface area (Å²) in [7, 11) is 0. The van der Waals surface area contributed by atoms with Crippen LogP contribution in [0.2, 0.25) is 0 Å². The fourth-order valence-corrected chi connectivity index (χ4v) is 3.43. The van der Waals surface area contributed by atoms with Gasteiger partial charge in [-0.25, -0.2) is 0 Å². The first kappa shape index (κ1) is 18.7. The van der Waals surface area contributed by atoms with Gasteiger partial charge in [0.25, 0.3) is 0 Å². The zero-order valence-electron chi connectivity index (χ0n) is 15.4. The van der Waals surface area contributed by atoms with Gasteiger partial charge in [-0.1, -0.05) is 6.07 Å². The highest BCUT2D eigenvalue weighted by atomic mass is 16.5. The van der Waals surface area contributed by atoms with Gasteiger partial charge in [0, 0.05) is 19.0 Å². The predicted octanol–water partition coefficient (Wildman–Crippen LogP) is 2.77. The molecular weight excluding hydrogens is 332 g/mol. The second-order valence-corrected chi connectivity index (χ2v) is 7.26. The summed E-state index contributed by atoms with van der Waals surface area (Å²) in [5.41, 5.74) is 1.87. The van der Waals surface area contributed by atoms with Gasteiger partial charge < -0.3 is 20.1 Å². The molecule has 1 aliphatic carbocycles. The molecule has 142 valence electrons. The molecule has 1 unspecified atom stereocenters. The average Bonchev–Trinajstić information content (AvgIpc) is 3.47. The van der Waals surface area contributed by atoms with Gasteiger partial charge in [0.2, 0.25) is 5.91 Å². The maximum Gasteiger partial charge on any atom is 0.307 e. The molecule has 1 amide bonds. The van der Waals surface area contributed by atoms with E-state index in [1.807, 2.05) is 25.1 Å². The first-order valence-electron chi connectivity index (χ1n) is 9.58. The normalized spacial score (nSPS) is 20.6. The lowest BCUT2D eigenvalue weighted by atomic mass is 9.98. The Bertz CT molecular complexity index is 657. The number of carboxylic acid groups (broad SMARTS) is 1. The number of hydrogen-bond acceptors (Lipinski definition) is 4. The third-order valence-electron chi connectivity index (χ3n) is 5.12. The summed E-state index contributed by atoms with van der Waals surface area (Å²) in [4.78, 5) is 25.4. The van der Waals surface area contributed by atoms with Gasteiger partial charge in [0.1, 0.15) is 5.75 Å². The van der Waals surface area contributed by atoms with Crippen molar-refractivity contribution in [3.05, 3.63) is 23.8 Å². The van der Waals surface area contributed by atoms with E-state index >= 15 is 0 Å². The van der Waals surface area contributed by atoms with E-state index in [-0.39, 0.29) is 17.7 Å². The van der Waals surface area contributed by atoms with Crippen molar-refractivity contribution >= 4 is 17.6 Å². The third-order valence-corrected chi connectivity index (χ3v) is 5.12. The number of aliphatic carboxylic acids is 1. The van der Waals surface area contributed by atoms with Gasteiger partial charge >= 0.3 is 5.97 Å². The second kappa shape index (κ2) is 8.54. The Hall–Kier alpha value is -2.08. The van der Waals surface area contributed by atoms with Gasteiger partial charge in [-0.3, -0.25) is 9.59 Å². The van der Waals surface area contributed by atoms with E-state index in [0.29, 0.717) is 18.9 Å². The number of rotatable bonds is 8. The molecule has 1 heterocycles. The van der Waals surface area contributed by atoms with Crippen molar-refractivity contribution in [2.75, 3.05) is 31.6 Å². The first-order valence-corrected chi connectivity index (χ1v) is 9.58. The zero-order valence-corrected chi connectivity index (χ0v) is 15.4. The molecule has 1 aromatic carbocycles. The van der Waals surface area contributed by atoms with Crippen LogP contribution in [-0.4, -0.2) is 48.1 Å². The lowest BCUT2D eigenvalue weighted by Gasteiger charge is -2.30. The van der Waals surface area contributed by atoms with Crippen molar-refractivity contribution in [2.24, 2.45) is 11.8 Å². The molecule has 1 aliphatic heterocycles. The monoisotopic (exact) mass is 360 g/mol. The second-order valence-electron chi connectivity index (χ2n) is 7.26. The summed E-state index contributed by atoms with van der Waals surface area (Å²) in [6.45, 7) is 4.89.